The highest BCUT2D eigenvalue weighted by Crippen LogP contribution is 2.67. The second-order valence-electron chi connectivity index (χ2n) is 14.5. The zero-order chi connectivity index (χ0) is 35.9. The van der Waals surface area contributed by atoms with Crippen molar-refractivity contribution < 1.29 is 53.7 Å². The Bertz CT molecular complexity index is 1590. The van der Waals surface area contributed by atoms with E-state index in [1.165, 1.54) is 6.07 Å². The van der Waals surface area contributed by atoms with Crippen LogP contribution in [0.15, 0.2) is 29.8 Å². The topological polar surface area (TPSA) is 220 Å². The number of nitrogens with one attached hydrogen (secondary N) is 1. The zero-order valence-corrected chi connectivity index (χ0v) is 27.9. The van der Waals surface area contributed by atoms with Gasteiger partial charge >= 0.3 is 17.6 Å². The number of nitro groups is 1. The van der Waals surface area contributed by atoms with Crippen LogP contribution in [0.1, 0.15) is 77.2 Å². The van der Waals surface area contributed by atoms with Gasteiger partial charge in [-0.3, -0.25) is 29.3 Å². The number of aliphatic hydroxyl groups excluding tert-OH is 1. The molecule has 4 N–H and O–H groups in total. The molecule has 14 nitrogen and oxygen atoms in total. The lowest BCUT2D eigenvalue weighted by atomic mass is 9.45. The van der Waals surface area contributed by atoms with Crippen molar-refractivity contribution >= 4 is 35.1 Å². The molecule has 3 fully saturated rings. The lowest BCUT2D eigenvalue weighted by Gasteiger charge is -2.60. The maximum absolute atomic E-state index is 13.5. The van der Waals surface area contributed by atoms with Gasteiger partial charge in [-0.2, -0.15) is 0 Å². The number of nitrogens with zero attached hydrogens (tertiary/aromatic N) is 1. The summed E-state index contributed by atoms with van der Waals surface area (Å²) in [4.78, 5) is 73.6. The van der Waals surface area contributed by atoms with E-state index in [1.54, 1.807) is 6.08 Å². The molecule has 1 aromatic carbocycles. The van der Waals surface area contributed by atoms with Gasteiger partial charge in [0, 0.05) is 30.7 Å². The van der Waals surface area contributed by atoms with Crippen LogP contribution in [0.3, 0.4) is 0 Å². The summed E-state index contributed by atoms with van der Waals surface area (Å²) in [5, 5.41) is 46.7. The monoisotopic (exact) mass is 684 g/mol. The Morgan fingerprint density at radius 3 is 2.55 bits per heavy atom. The average Bonchev–Trinajstić information content (AvgIpc) is 3.33. The summed E-state index contributed by atoms with van der Waals surface area (Å²) in [6.45, 7) is 3.25. The first-order chi connectivity index (χ1) is 23.0. The molecule has 0 radical (unpaired) electrons. The van der Waals surface area contributed by atoms with Gasteiger partial charge in [-0.15, -0.1) is 0 Å². The van der Waals surface area contributed by atoms with Gasteiger partial charge in [0.25, 0.3) is 0 Å². The van der Waals surface area contributed by atoms with E-state index in [0.29, 0.717) is 19.3 Å². The number of aliphatic hydroxyl groups is 2. The summed E-state index contributed by atoms with van der Waals surface area (Å²) in [6, 6.07) is 2.28. The number of allylic oxidation sites excluding steroid dienone is 1. The fourth-order valence-corrected chi connectivity index (χ4v) is 9.38. The Morgan fingerprint density at radius 2 is 1.86 bits per heavy atom. The molecular formula is C35H44N2O12. The van der Waals surface area contributed by atoms with E-state index in [2.05, 4.69) is 12.2 Å². The van der Waals surface area contributed by atoms with Crippen LogP contribution in [0, 0.1) is 38.7 Å². The van der Waals surface area contributed by atoms with Crippen molar-refractivity contribution in [2.24, 2.45) is 28.6 Å². The first-order valence-electron chi connectivity index (χ1n) is 16.7. The van der Waals surface area contributed by atoms with Gasteiger partial charge < -0.3 is 30.1 Å². The summed E-state index contributed by atoms with van der Waals surface area (Å²) in [7, 11) is 1.10. The van der Waals surface area contributed by atoms with Crippen molar-refractivity contribution in [1.29, 1.82) is 0 Å². The molecule has 4 aliphatic carbocycles. The minimum Gasteiger partial charge on any atom is -0.502 e. The molecule has 4 aliphatic rings. The highest BCUT2D eigenvalue weighted by molar-refractivity contribution is 5.92. The molecule has 0 saturated heterocycles. The lowest BCUT2D eigenvalue weighted by Crippen LogP contribution is -2.62. The van der Waals surface area contributed by atoms with Gasteiger partial charge in [0.2, 0.25) is 11.7 Å². The minimum atomic E-state index is -1.82. The lowest BCUT2D eigenvalue weighted by molar-refractivity contribution is -0.385. The molecule has 49 heavy (non-hydrogen) atoms. The van der Waals surface area contributed by atoms with Crippen molar-refractivity contribution in [3.8, 4) is 5.75 Å². The van der Waals surface area contributed by atoms with Crippen LogP contribution in [-0.4, -0.2) is 81.1 Å². The van der Waals surface area contributed by atoms with Gasteiger partial charge in [-0.1, -0.05) is 25.5 Å². The molecule has 14 heteroatoms. The Balaban J connectivity index is 1.16. The van der Waals surface area contributed by atoms with Gasteiger partial charge in [0.1, 0.15) is 11.6 Å². The van der Waals surface area contributed by atoms with Crippen LogP contribution in [-0.2, 0) is 39.9 Å². The fraction of sp³-hybridized carbons (Fsp3) is 0.629. The standard InChI is InChI=1S/C35H44N2O12/c1-33-12-10-21(38)16-20(33)5-6-22-23-11-13-35(45,34(23,2)17-27(40)31(22)33)28(41)18-49-30(43)9-8-29(42)36-24(32(44)48-3)14-19-4-7-26(39)25(15-19)37(46)47/h4,7,15-16,22-24,27,31,39-40,45H,5-6,8-14,17-18H2,1-3H3,(H,36,42)/t22-,23-,24+,27+,31+,33-,34-,35-/m0/s1. The first kappa shape index (κ1) is 36.1. The fourth-order valence-electron chi connectivity index (χ4n) is 9.38. The molecule has 0 bridgehead atoms. The number of carbonyl (C=O) groups is 5. The van der Waals surface area contributed by atoms with E-state index < -0.39 is 82.6 Å². The molecule has 1 amide bonds. The van der Waals surface area contributed by atoms with Crippen LogP contribution in [0.25, 0.3) is 0 Å². The number of ether oxygens (including phenoxy) is 2. The number of fused-ring (bicyclic) bond motifs is 5. The zero-order valence-electron chi connectivity index (χ0n) is 27.9. The second kappa shape index (κ2) is 13.6. The average molecular weight is 685 g/mol. The largest absolute Gasteiger partial charge is 0.502 e. The maximum atomic E-state index is 13.5. The maximum Gasteiger partial charge on any atom is 0.328 e. The molecule has 0 spiro atoms. The molecule has 5 rings (SSSR count). The van der Waals surface area contributed by atoms with Crippen LogP contribution in [0.5, 0.6) is 5.75 Å². The molecule has 0 aromatic heterocycles. The van der Waals surface area contributed by atoms with Crippen molar-refractivity contribution in [2.45, 2.75) is 95.8 Å². The number of ketones is 2. The van der Waals surface area contributed by atoms with E-state index >= 15 is 0 Å². The van der Waals surface area contributed by atoms with Gasteiger partial charge in [-0.05, 0) is 79.4 Å². The number of carbonyl (C=O) groups excluding carboxylic acids is 5. The molecule has 1 aromatic rings. The Labute approximate surface area is 283 Å². The third-order valence-corrected chi connectivity index (χ3v) is 11.9. The molecule has 0 heterocycles. The van der Waals surface area contributed by atoms with E-state index in [0.717, 1.165) is 37.7 Å². The molecule has 266 valence electrons. The summed E-state index contributed by atoms with van der Waals surface area (Å²) >= 11 is 0. The number of esters is 2. The van der Waals surface area contributed by atoms with Crippen molar-refractivity contribution in [2.75, 3.05) is 13.7 Å². The normalized spacial score (nSPS) is 32.4. The number of phenolic OH excluding ortho intramolecular Hbond substituents is 1. The number of aromatic hydroxyl groups is 1. The second-order valence-corrected chi connectivity index (χ2v) is 14.5. The summed E-state index contributed by atoms with van der Waals surface area (Å²) < 4.78 is 9.92. The van der Waals surface area contributed by atoms with Crippen molar-refractivity contribution in [1.82, 2.24) is 5.32 Å². The third kappa shape index (κ3) is 6.60. The van der Waals surface area contributed by atoms with Crippen molar-refractivity contribution in [3.05, 3.63) is 45.5 Å². The van der Waals surface area contributed by atoms with Crippen LogP contribution in [0.4, 0.5) is 5.69 Å². The van der Waals surface area contributed by atoms with E-state index in [4.69, 9.17) is 9.47 Å². The van der Waals surface area contributed by atoms with Gasteiger partial charge in [-0.25, -0.2) is 4.79 Å². The number of amides is 1. The SMILES string of the molecule is COC(=O)[C@@H](Cc1ccc(O)c([N+](=O)[O-])c1)NC(=O)CCC(=O)OCC(=O)[C@@]1(O)CC[C@H]2[C@@H]3CCC4=CC(=O)CC[C@]4(C)[C@H]3[C@H](O)C[C@@]21C. The minimum absolute atomic E-state index is 0.0410. The number of rotatable bonds is 11. The summed E-state index contributed by atoms with van der Waals surface area (Å²) in [6.07, 6.45) is 3.47. The number of nitro benzene ring substituents is 1. The first-order valence-corrected chi connectivity index (χ1v) is 16.7. The summed E-state index contributed by atoms with van der Waals surface area (Å²) in [5.74, 6) is -3.60. The smallest absolute Gasteiger partial charge is 0.328 e. The number of hydrogen-bond acceptors (Lipinski definition) is 12. The summed E-state index contributed by atoms with van der Waals surface area (Å²) in [5.41, 5.74) is -2.30. The van der Waals surface area contributed by atoms with Crippen LogP contribution >= 0.6 is 0 Å². The number of benzene rings is 1. The predicted molar refractivity (Wildman–Crippen MR) is 171 cm³/mol. The molecule has 8 atom stereocenters. The highest BCUT2D eigenvalue weighted by atomic mass is 16.6. The van der Waals surface area contributed by atoms with Crippen LogP contribution < -0.4 is 5.32 Å². The quantitative estimate of drug-likeness (QED) is 0.150. The van der Waals surface area contributed by atoms with Crippen molar-refractivity contribution in [3.63, 3.8) is 0 Å². The molecule has 0 aliphatic heterocycles. The predicted octanol–water partition coefficient (Wildman–Crippen LogP) is 2.63. The van der Waals surface area contributed by atoms with Gasteiger partial charge in [0.15, 0.2) is 18.1 Å². The number of Topliss-reactive ketones (excluding diaryl/α,β-unsaturated/α-hetero) is 1. The highest BCUT2D eigenvalue weighted by Gasteiger charge is 2.68. The number of hydrogen-bond donors (Lipinski definition) is 4. The Kier molecular flexibility index (Phi) is 10.0. The Hall–Kier alpha value is -4.17. The molecule has 3 saturated carbocycles. The Morgan fingerprint density at radius 1 is 1.12 bits per heavy atom. The van der Waals surface area contributed by atoms with E-state index in [-0.39, 0.29) is 53.8 Å². The van der Waals surface area contributed by atoms with E-state index in [9.17, 15) is 49.4 Å². The molecule has 0 unspecified atom stereocenters. The van der Waals surface area contributed by atoms with Crippen LogP contribution in [0.2, 0.25) is 0 Å². The number of methoxy groups -OCH3 is 1. The van der Waals surface area contributed by atoms with E-state index in [1.807, 2.05) is 6.92 Å². The molecular weight excluding hydrogens is 640 g/mol. The number of phenols is 1. The van der Waals surface area contributed by atoms with Gasteiger partial charge in [0.05, 0.1) is 24.6 Å². The third-order valence-electron chi connectivity index (χ3n) is 11.9.